The zero-order valence-corrected chi connectivity index (χ0v) is 11.1. The Bertz CT molecular complexity index is 675. The molecule has 2 aromatic rings. The van der Waals surface area contributed by atoms with E-state index in [0.717, 1.165) is 10.9 Å². The number of nitrogens with one attached hydrogen (secondary N) is 3. The molecule has 1 saturated heterocycles. The van der Waals surface area contributed by atoms with E-state index < -0.39 is 10.2 Å². The molecule has 0 unspecified atom stereocenters. The second-order valence-electron chi connectivity index (χ2n) is 4.43. The third-order valence-electron chi connectivity index (χ3n) is 3.10. The topological polar surface area (TPSA) is 90.1 Å². The van der Waals surface area contributed by atoms with Crippen molar-refractivity contribution < 1.29 is 8.42 Å². The van der Waals surface area contributed by atoms with Crippen molar-refractivity contribution in [3.8, 4) is 0 Å². The SMILES string of the molecule is O=S(=O)(Nc1ccc2cn[nH]c2c1)N1CCNCC1. The summed E-state index contributed by atoms with van der Waals surface area (Å²) in [6, 6.07) is 5.30. The minimum atomic E-state index is -3.48. The van der Waals surface area contributed by atoms with Gasteiger partial charge in [-0.25, -0.2) is 0 Å². The summed E-state index contributed by atoms with van der Waals surface area (Å²) in [4.78, 5) is 0. The van der Waals surface area contributed by atoms with Crippen molar-refractivity contribution in [2.24, 2.45) is 0 Å². The lowest BCUT2D eigenvalue weighted by molar-refractivity contribution is 0.362. The molecule has 7 nitrogen and oxygen atoms in total. The zero-order chi connectivity index (χ0) is 13.3. The monoisotopic (exact) mass is 281 g/mol. The van der Waals surface area contributed by atoms with E-state index in [1.165, 1.54) is 4.31 Å². The van der Waals surface area contributed by atoms with Crippen LogP contribution in [0.25, 0.3) is 10.9 Å². The van der Waals surface area contributed by atoms with E-state index in [9.17, 15) is 8.42 Å². The number of aromatic nitrogens is 2. The molecule has 1 fully saturated rings. The van der Waals surface area contributed by atoms with Gasteiger partial charge in [0.15, 0.2) is 0 Å². The van der Waals surface area contributed by atoms with Gasteiger partial charge in [0.2, 0.25) is 0 Å². The zero-order valence-electron chi connectivity index (χ0n) is 10.3. The average Bonchev–Trinajstić information content (AvgIpc) is 2.87. The van der Waals surface area contributed by atoms with Gasteiger partial charge in [-0.1, -0.05) is 0 Å². The molecule has 0 radical (unpaired) electrons. The van der Waals surface area contributed by atoms with Crippen molar-refractivity contribution in [2.75, 3.05) is 30.9 Å². The highest BCUT2D eigenvalue weighted by atomic mass is 32.2. The highest BCUT2D eigenvalue weighted by Gasteiger charge is 2.23. The molecule has 1 aromatic heterocycles. The fourth-order valence-electron chi connectivity index (χ4n) is 2.10. The molecule has 102 valence electrons. The Balaban J connectivity index is 1.82. The highest BCUT2D eigenvalue weighted by molar-refractivity contribution is 7.90. The molecule has 1 aromatic carbocycles. The molecule has 0 spiro atoms. The molecular weight excluding hydrogens is 266 g/mol. The standard InChI is InChI=1S/C11H15N5O2S/c17-19(18,16-5-3-12-4-6-16)15-10-2-1-9-8-13-14-11(9)7-10/h1-2,7-8,12,15H,3-6H2,(H,13,14). The van der Waals surface area contributed by atoms with E-state index in [1.54, 1.807) is 18.3 Å². The summed E-state index contributed by atoms with van der Waals surface area (Å²) in [6.07, 6.45) is 1.70. The Labute approximate surface area is 111 Å². The van der Waals surface area contributed by atoms with Crippen molar-refractivity contribution >= 4 is 26.8 Å². The maximum atomic E-state index is 12.2. The highest BCUT2D eigenvalue weighted by Crippen LogP contribution is 2.18. The van der Waals surface area contributed by atoms with Crippen LogP contribution in [0.4, 0.5) is 5.69 Å². The van der Waals surface area contributed by atoms with E-state index in [0.29, 0.717) is 31.9 Å². The van der Waals surface area contributed by atoms with Gasteiger partial charge >= 0.3 is 10.2 Å². The number of piperazine rings is 1. The van der Waals surface area contributed by atoms with Crippen LogP contribution in [0, 0.1) is 0 Å². The molecule has 1 aliphatic heterocycles. The summed E-state index contributed by atoms with van der Waals surface area (Å²) in [5.41, 5.74) is 1.34. The van der Waals surface area contributed by atoms with Gasteiger partial charge in [0.1, 0.15) is 0 Å². The summed E-state index contributed by atoms with van der Waals surface area (Å²) < 4.78 is 28.4. The number of hydrogen-bond donors (Lipinski definition) is 3. The number of aromatic amines is 1. The fourth-order valence-corrected chi connectivity index (χ4v) is 3.32. The quantitative estimate of drug-likeness (QED) is 0.745. The molecule has 19 heavy (non-hydrogen) atoms. The first-order chi connectivity index (χ1) is 9.15. The van der Waals surface area contributed by atoms with Gasteiger partial charge in [0, 0.05) is 31.6 Å². The second kappa shape index (κ2) is 4.80. The largest absolute Gasteiger partial charge is 0.314 e. The lowest BCUT2D eigenvalue weighted by Gasteiger charge is -2.26. The lowest BCUT2D eigenvalue weighted by Crippen LogP contribution is -2.48. The van der Waals surface area contributed by atoms with E-state index in [4.69, 9.17) is 0 Å². The molecule has 0 saturated carbocycles. The van der Waals surface area contributed by atoms with Gasteiger partial charge < -0.3 is 5.32 Å². The Kier molecular flexibility index (Phi) is 3.13. The number of hydrogen-bond acceptors (Lipinski definition) is 4. The van der Waals surface area contributed by atoms with Crippen LogP contribution in [0.3, 0.4) is 0 Å². The van der Waals surface area contributed by atoms with Crippen molar-refractivity contribution in [1.82, 2.24) is 19.8 Å². The minimum Gasteiger partial charge on any atom is -0.314 e. The van der Waals surface area contributed by atoms with E-state index in [-0.39, 0.29) is 0 Å². The second-order valence-corrected chi connectivity index (χ2v) is 6.10. The lowest BCUT2D eigenvalue weighted by atomic mass is 10.2. The molecule has 3 rings (SSSR count). The number of nitrogens with zero attached hydrogens (tertiary/aromatic N) is 2. The maximum absolute atomic E-state index is 12.2. The van der Waals surface area contributed by atoms with Gasteiger partial charge in [0.05, 0.1) is 17.4 Å². The number of benzene rings is 1. The van der Waals surface area contributed by atoms with Crippen molar-refractivity contribution in [2.45, 2.75) is 0 Å². The first-order valence-corrected chi connectivity index (χ1v) is 7.51. The summed E-state index contributed by atoms with van der Waals surface area (Å²) in [7, 11) is -3.48. The number of H-pyrrole nitrogens is 1. The Morgan fingerprint density at radius 3 is 2.84 bits per heavy atom. The third kappa shape index (κ3) is 2.55. The third-order valence-corrected chi connectivity index (χ3v) is 4.64. The van der Waals surface area contributed by atoms with Crippen LogP contribution in [-0.2, 0) is 10.2 Å². The molecule has 2 heterocycles. The van der Waals surface area contributed by atoms with Gasteiger partial charge in [-0.3, -0.25) is 9.82 Å². The summed E-state index contributed by atoms with van der Waals surface area (Å²) in [6.45, 7) is 2.34. The maximum Gasteiger partial charge on any atom is 0.301 e. The summed E-state index contributed by atoms with van der Waals surface area (Å²) in [5.74, 6) is 0. The fraction of sp³-hybridized carbons (Fsp3) is 0.364. The van der Waals surface area contributed by atoms with Gasteiger partial charge in [-0.2, -0.15) is 17.8 Å². The molecule has 3 N–H and O–H groups in total. The predicted octanol–water partition coefficient (Wildman–Crippen LogP) is 0.125. The molecule has 0 atom stereocenters. The first-order valence-electron chi connectivity index (χ1n) is 6.07. The minimum absolute atomic E-state index is 0.488. The van der Waals surface area contributed by atoms with Gasteiger partial charge in [-0.15, -0.1) is 0 Å². The van der Waals surface area contributed by atoms with Gasteiger partial charge in [0.25, 0.3) is 0 Å². The molecule has 0 bridgehead atoms. The molecule has 0 amide bonds. The van der Waals surface area contributed by atoms with Crippen LogP contribution in [0.2, 0.25) is 0 Å². The number of fused-ring (bicyclic) bond motifs is 1. The predicted molar refractivity (Wildman–Crippen MR) is 73.1 cm³/mol. The smallest absolute Gasteiger partial charge is 0.301 e. The van der Waals surface area contributed by atoms with Crippen LogP contribution in [0.5, 0.6) is 0 Å². The number of anilines is 1. The van der Waals surface area contributed by atoms with Crippen LogP contribution in [0.15, 0.2) is 24.4 Å². The van der Waals surface area contributed by atoms with Crippen molar-refractivity contribution in [3.05, 3.63) is 24.4 Å². The average molecular weight is 281 g/mol. The Hall–Kier alpha value is -1.64. The molecular formula is C11H15N5O2S. The Morgan fingerprint density at radius 1 is 1.26 bits per heavy atom. The first kappa shape index (κ1) is 12.4. The van der Waals surface area contributed by atoms with Crippen LogP contribution < -0.4 is 10.0 Å². The summed E-state index contributed by atoms with van der Waals surface area (Å²) >= 11 is 0. The van der Waals surface area contributed by atoms with E-state index >= 15 is 0 Å². The summed E-state index contributed by atoms with van der Waals surface area (Å²) in [5, 5.41) is 10.8. The van der Waals surface area contributed by atoms with E-state index in [2.05, 4.69) is 20.2 Å². The van der Waals surface area contributed by atoms with Crippen LogP contribution >= 0.6 is 0 Å². The van der Waals surface area contributed by atoms with Crippen molar-refractivity contribution in [3.63, 3.8) is 0 Å². The normalized spacial score (nSPS) is 17.7. The van der Waals surface area contributed by atoms with Crippen molar-refractivity contribution in [1.29, 1.82) is 0 Å². The molecule has 8 heteroatoms. The molecule has 0 aliphatic carbocycles. The van der Waals surface area contributed by atoms with Crippen LogP contribution in [0.1, 0.15) is 0 Å². The Morgan fingerprint density at radius 2 is 2.05 bits per heavy atom. The number of rotatable bonds is 3. The van der Waals surface area contributed by atoms with Gasteiger partial charge in [-0.05, 0) is 18.2 Å². The van der Waals surface area contributed by atoms with Crippen LogP contribution in [-0.4, -0.2) is 49.1 Å². The molecule has 1 aliphatic rings. The van der Waals surface area contributed by atoms with E-state index in [1.807, 2.05) is 6.07 Å².